The van der Waals surface area contributed by atoms with Gasteiger partial charge < -0.3 is 14.6 Å². The highest BCUT2D eigenvalue weighted by Crippen LogP contribution is 2.24. The van der Waals surface area contributed by atoms with Gasteiger partial charge in [0.05, 0.1) is 19.4 Å². The van der Waals surface area contributed by atoms with Crippen LogP contribution in [-0.2, 0) is 4.43 Å². The summed E-state index contributed by atoms with van der Waals surface area (Å²) in [6.45, 7) is 12.2. The van der Waals surface area contributed by atoms with Crippen molar-refractivity contribution < 1.29 is 14.6 Å². The Morgan fingerprint density at radius 1 is 1.12 bits per heavy atom. The average molecular weight is 263 g/mol. The summed E-state index contributed by atoms with van der Waals surface area (Å²) in [5, 5.41) is 18.2. The average Bonchev–Trinajstić information content (AvgIpc) is 2.13. The standard InChI is InChI=1S/C12H29NO3Si/c1-12(2,3)10-11(16-17(4)5)13(6-8-14)7-9-15/h11,14-15,17H,6-10H2,1-5H3. The molecule has 0 heterocycles. The molecule has 0 amide bonds. The van der Waals surface area contributed by atoms with Crippen LogP contribution < -0.4 is 0 Å². The molecule has 0 aromatic rings. The van der Waals surface area contributed by atoms with Crippen molar-refractivity contribution in [2.45, 2.75) is 46.5 Å². The Bertz CT molecular complexity index is 189. The molecule has 0 radical (unpaired) electrons. The van der Waals surface area contributed by atoms with E-state index in [1.165, 1.54) is 0 Å². The third-order valence-electron chi connectivity index (χ3n) is 2.40. The molecule has 0 fully saturated rings. The fraction of sp³-hybridized carbons (Fsp3) is 1.00. The molecule has 1 unspecified atom stereocenters. The zero-order valence-electron chi connectivity index (χ0n) is 11.9. The molecular weight excluding hydrogens is 234 g/mol. The van der Waals surface area contributed by atoms with E-state index in [0.717, 1.165) is 6.42 Å². The molecule has 0 saturated heterocycles. The van der Waals surface area contributed by atoms with Gasteiger partial charge in [-0.3, -0.25) is 4.90 Å². The van der Waals surface area contributed by atoms with Crippen LogP contribution in [-0.4, -0.2) is 56.7 Å². The lowest BCUT2D eigenvalue weighted by molar-refractivity contribution is -0.0208. The van der Waals surface area contributed by atoms with Gasteiger partial charge in [0.2, 0.25) is 0 Å². The van der Waals surface area contributed by atoms with Gasteiger partial charge in [0.15, 0.2) is 9.04 Å². The molecule has 0 aliphatic heterocycles. The van der Waals surface area contributed by atoms with Gasteiger partial charge in [0, 0.05) is 13.1 Å². The Labute approximate surface area is 107 Å². The molecule has 0 aliphatic rings. The third-order valence-corrected chi connectivity index (χ3v) is 3.26. The summed E-state index contributed by atoms with van der Waals surface area (Å²) in [6.07, 6.45) is 0.930. The second-order valence-corrected chi connectivity index (χ2v) is 8.26. The normalized spacial score (nSPS) is 14.6. The molecule has 0 aromatic carbocycles. The molecule has 104 valence electrons. The van der Waals surface area contributed by atoms with E-state index in [1.54, 1.807) is 0 Å². The first kappa shape index (κ1) is 17.1. The van der Waals surface area contributed by atoms with Crippen LogP contribution in [0.2, 0.25) is 13.1 Å². The summed E-state index contributed by atoms with van der Waals surface area (Å²) < 4.78 is 6.04. The van der Waals surface area contributed by atoms with Crippen LogP contribution in [0.15, 0.2) is 0 Å². The molecule has 0 aromatic heterocycles. The highest BCUT2D eigenvalue weighted by Gasteiger charge is 2.25. The molecule has 2 N–H and O–H groups in total. The molecule has 5 heteroatoms. The highest BCUT2D eigenvalue weighted by atomic mass is 28.3. The molecule has 0 bridgehead atoms. The van der Waals surface area contributed by atoms with E-state index >= 15 is 0 Å². The van der Waals surface area contributed by atoms with E-state index < -0.39 is 9.04 Å². The maximum Gasteiger partial charge on any atom is 0.173 e. The lowest BCUT2D eigenvalue weighted by Gasteiger charge is -2.36. The Hall–Kier alpha value is 0.0569. The first-order valence-electron chi connectivity index (χ1n) is 6.41. The molecule has 0 aliphatic carbocycles. The maximum atomic E-state index is 9.08. The number of aliphatic hydroxyl groups excluding tert-OH is 2. The van der Waals surface area contributed by atoms with Crippen molar-refractivity contribution in [1.82, 2.24) is 4.90 Å². The minimum absolute atomic E-state index is 0.0148. The van der Waals surface area contributed by atoms with E-state index in [1.807, 2.05) is 4.90 Å². The second kappa shape index (κ2) is 8.21. The van der Waals surface area contributed by atoms with Gasteiger partial charge in [-0.1, -0.05) is 20.8 Å². The maximum absolute atomic E-state index is 9.08. The molecule has 0 rings (SSSR count). The summed E-state index contributed by atoms with van der Waals surface area (Å²) >= 11 is 0. The van der Waals surface area contributed by atoms with Gasteiger partial charge in [-0.15, -0.1) is 0 Å². The number of rotatable bonds is 8. The summed E-state index contributed by atoms with van der Waals surface area (Å²) in [7, 11) is -1.13. The number of nitrogens with zero attached hydrogens (tertiary/aromatic N) is 1. The van der Waals surface area contributed by atoms with Gasteiger partial charge in [-0.05, 0) is 24.9 Å². The van der Waals surface area contributed by atoms with Gasteiger partial charge in [-0.2, -0.15) is 0 Å². The van der Waals surface area contributed by atoms with Crippen molar-refractivity contribution >= 4 is 9.04 Å². The second-order valence-electron chi connectivity index (χ2n) is 5.89. The van der Waals surface area contributed by atoms with E-state index in [4.69, 9.17) is 14.6 Å². The van der Waals surface area contributed by atoms with Gasteiger partial charge >= 0.3 is 0 Å². The molecular formula is C12H29NO3Si. The molecule has 0 saturated carbocycles. The topological polar surface area (TPSA) is 52.9 Å². The summed E-state index contributed by atoms with van der Waals surface area (Å²) in [4.78, 5) is 2.04. The quantitative estimate of drug-likeness (QED) is 0.507. The monoisotopic (exact) mass is 263 g/mol. The molecule has 0 spiro atoms. The van der Waals surface area contributed by atoms with Crippen molar-refractivity contribution in [3.05, 3.63) is 0 Å². The zero-order valence-corrected chi connectivity index (χ0v) is 13.1. The number of aliphatic hydroxyl groups is 2. The van der Waals surface area contributed by atoms with Crippen molar-refractivity contribution in [2.75, 3.05) is 26.3 Å². The fourth-order valence-electron chi connectivity index (χ4n) is 1.76. The lowest BCUT2D eigenvalue weighted by atomic mass is 9.91. The molecule has 1 atom stereocenters. The lowest BCUT2D eigenvalue weighted by Crippen LogP contribution is -2.44. The Morgan fingerprint density at radius 2 is 1.59 bits per heavy atom. The van der Waals surface area contributed by atoms with Crippen LogP contribution in [0.1, 0.15) is 27.2 Å². The summed E-state index contributed by atoms with van der Waals surface area (Å²) in [6, 6.07) is 0. The van der Waals surface area contributed by atoms with Gasteiger partial charge in [-0.25, -0.2) is 0 Å². The fourth-order valence-corrected chi connectivity index (χ4v) is 2.65. The Balaban J connectivity index is 4.59. The SMILES string of the molecule is C[SiH](C)OC(CC(C)(C)C)N(CCO)CCO. The molecule has 17 heavy (non-hydrogen) atoms. The summed E-state index contributed by atoms with van der Waals surface area (Å²) in [5.41, 5.74) is 0.178. The van der Waals surface area contributed by atoms with E-state index in [0.29, 0.717) is 13.1 Å². The van der Waals surface area contributed by atoms with Crippen molar-refractivity contribution in [1.29, 1.82) is 0 Å². The van der Waals surface area contributed by atoms with Crippen LogP contribution in [0, 0.1) is 5.41 Å². The van der Waals surface area contributed by atoms with Crippen molar-refractivity contribution in [3.8, 4) is 0 Å². The van der Waals surface area contributed by atoms with E-state index in [2.05, 4.69) is 33.9 Å². The highest BCUT2D eigenvalue weighted by molar-refractivity contribution is 6.48. The zero-order chi connectivity index (χ0) is 13.5. The summed E-state index contributed by atoms with van der Waals surface area (Å²) in [5.74, 6) is 0. The first-order chi connectivity index (χ1) is 7.80. The minimum atomic E-state index is -1.13. The predicted molar refractivity (Wildman–Crippen MR) is 73.6 cm³/mol. The number of hydrogen-bond donors (Lipinski definition) is 2. The molecule has 4 nitrogen and oxygen atoms in total. The predicted octanol–water partition coefficient (Wildman–Crippen LogP) is 1.04. The van der Waals surface area contributed by atoms with Crippen LogP contribution in [0.25, 0.3) is 0 Å². The van der Waals surface area contributed by atoms with Crippen molar-refractivity contribution in [2.24, 2.45) is 5.41 Å². The van der Waals surface area contributed by atoms with Crippen LogP contribution in [0.4, 0.5) is 0 Å². The van der Waals surface area contributed by atoms with Crippen LogP contribution in [0.5, 0.6) is 0 Å². The van der Waals surface area contributed by atoms with Crippen LogP contribution in [0.3, 0.4) is 0 Å². The third kappa shape index (κ3) is 8.74. The minimum Gasteiger partial charge on any atom is -0.405 e. The van der Waals surface area contributed by atoms with E-state index in [9.17, 15) is 0 Å². The number of hydrogen-bond acceptors (Lipinski definition) is 4. The van der Waals surface area contributed by atoms with Gasteiger partial charge in [0.1, 0.15) is 0 Å². The smallest absolute Gasteiger partial charge is 0.173 e. The Kier molecular flexibility index (Phi) is 8.24. The van der Waals surface area contributed by atoms with Gasteiger partial charge in [0.25, 0.3) is 0 Å². The first-order valence-corrected chi connectivity index (χ1v) is 9.19. The van der Waals surface area contributed by atoms with Crippen LogP contribution >= 0.6 is 0 Å². The largest absolute Gasteiger partial charge is 0.405 e. The Morgan fingerprint density at radius 3 is 1.88 bits per heavy atom. The van der Waals surface area contributed by atoms with E-state index in [-0.39, 0.29) is 24.9 Å². The van der Waals surface area contributed by atoms with Crippen molar-refractivity contribution in [3.63, 3.8) is 0 Å².